The molecule has 1 saturated heterocycles. The number of nitrogens with one attached hydrogen (secondary N) is 1. The van der Waals surface area contributed by atoms with Crippen molar-refractivity contribution in [2.24, 2.45) is 0 Å². The summed E-state index contributed by atoms with van der Waals surface area (Å²) in [5.41, 5.74) is -0.0815. The van der Waals surface area contributed by atoms with Crippen LogP contribution in [0.15, 0.2) is 23.2 Å². The minimum Gasteiger partial charge on any atom is -0.244 e. The lowest BCUT2D eigenvalue weighted by molar-refractivity contribution is 0.200. The van der Waals surface area contributed by atoms with Crippen molar-refractivity contribution < 1.29 is 8.42 Å². The van der Waals surface area contributed by atoms with E-state index in [1.54, 1.807) is 11.1 Å². The summed E-state index contributed by atoms with van der Waals surface area (Å²) in [5, 5.41) is 10.5. The normalized spacial score (nSPS) is 17.3. The van der Waals surface area contributed by atoms with E-state index < -0.39 is 10.0 Å². The number of hydrogen-bond donors (Lipinski definition) is 1. The zero-order valence-electron chi connectivity index (χ0n) is 9.83. The van der Waals surface area contributed by atoms with Gasteiger partial charge in [0.2, 0.25) is 0 Å². The molecule has 1 aliphatic rings. The molecule has 0 saturated carbocycles. The number of pyridine rings is 1. The van der Waals surface area contributed by atoms with E-state index in [0.29, 0.717) is 13.1 Å². The van der Waals surface area contributed by atoms with Gasteiger partial charge in [0, 0.05) is 19.3 Å². The first-order valence-electron chi connectivity index (χ1n) is 5.76. The molecule has 0 aliphatic carbocycles. The SMILES string of the molecule is N#Cc1ncccc1S(=O)(=O)NN1CCCCC1. The van der Waals surface area contributed by atoms with Gasteiger partial charge in [0.25, 0.3) is 10.0 Å². The molecule has 1 fully saturated rings. The van der Waals surface area contributed by atoms with Crippen molar-refractivity contribution in [1.29, 1.82) is 5.26 Å². The van der Waals surface area contributed by atoms with Crippen LogP contribution in [-0.4, -0.2) is 31.5 Å². The number of rotatable bonds is 3. The lowest BCUT2D eigenvalue weighted by Gasteiger charge is -2.26. The predicted octanol–water partition coefficient (Wildman–Crippen LogP) is 0.632. The fourth-order valence-corrected chi connectivity index (χ4v) is 3.13. The second kappa shape index (κ2) is 5.44. The number of nitriles is 1. The third-order valence-electron chi connectivity index (χ3n) is 2.77. The van der Waals surface area contributed by atoms with Crippen LogP contribution in [0.4, 0.5) is 0 Å². The molecular weight excluding hydrogens is 252 g/mol. The highest BCUT2D eigenvalue weighted by Gasteiger charge is 2.23. The van der Waals surface area contributed by atoms with Crippen molar-refractivity contribution in [3.8, 4) is 6.07 Å². The maximum Gasteiger partial charge on any atom is 0.256 e. The molecular formula is C11H14N4O2S. The Morgan fingerprint density at radius 2 is 2.06 bits per heavy atom. The third-order valence-corrected chi connectivity index (χ3v) is 4.18. The number of piperidine rings is 1. The first-order valence-corrected chi connectivity index (χ1v) is 7.24. The Bertz CT molecular complexity index is 559. The van der Waals surface area contributed by atoms with Crippen LogP contribution in [0.5, 0.6) is 0 Å². The third kappa shape index (κ3) is 2.85. The van der Waals surface area contributed by atoms with Gasteiger partial charge in [0.15, 0.2) is 5.69 Å². The van der Waals surface area contributed by atoms with Crippen molar-refractivity contribution in [3.63, 3.8) is 0 Å². The highest BCUT2D eigenvalue weighted by Crippen LogP contribution is 2.14. The average Bonchev–Trinajstić information content (AvgIpc) is 2.39. The van der Waals surface area contributed by atoms with Crippen molar-refractivity contribution in [2.45, 2.75) is 24.2 Å². The van der Waals surface area contributed by atoms with Crippen LogP contribution in [0.3, 0.4) is 0 Å². The predicted molar refractivity (Wildman–Crippen MR) is 64.7 cm³/mol. The van der Waals surface area contributed by atoms with E-state index in [2.05, 4.69) is 9.82 Å². The summed E-state index contributed by atoms with van der Waals surface area (Å²) in [6.07, 6.45) is 4.47. The second-order valence-electron chi connectivity index (χ2n) is 4.10. The zero-order chi connectivity index (χ0) is 13.0. The van der Waals surface area contributed by atoms with E-state index in [1.165, 1.54) is 18.3 Å². The number of sulfonamides is 1. The van der Waals surface area contributed by atoms with Gasteiger partial charge in [-0.05, 0) is 25.0 Å². The first kappa shape index (κ1) is 13.0. The maximum absolute atomic E-state index is 12.1. The summed E-state index contributed by atoms with van der Waals surface area (Å²) >= 11 is 0. The molecule has 1 aliphatic heterocycles. The van der Waals surface area contributed by atoms with E-state index in [9.17, 15) is 8.42 Å². The van der Waals surface area contributed by atoms with E-state index in [-0.39, 0.29) is 10.6 Å². The summed E-state index contributed by atoms with van der Waals surface area (Å²) in [4.78, 5) is 6.19. The van der Waals surface area contributed by atoms with E-state index in [4.69, 9.17) is 5.26 Å². The highest BCUT2D eigenvalue weighted by molar-refractivity contribution is 7.89. The minimum atomic E-state index is -3.71. The van der Waals surface area contributed by atoms with Gasteiger partial charge in [-0.1, -0.05) is 6.42 Å². The van der Waals surface area contributed by atoms with E-state index >= 15 is 0 Å². The van der Waals surface area contributed by atoms with Gasteiger partial charge in [-0.25, -0.2) is 18.4 Å². The van der Waals surface area contributed by atoms with Gasteiger partial charge in [-0.15, -0.1) is 4.83 Å². The molecule has 1 N–H and O–H groups in total. The monoisotopic (exact) mass is 266 g/mol. The molecule has 0 unspecified atom stereocenters. The van der Waals surface area contributed by atoms with Crippen molar-refractivity contribution in [1.82, 2.24) is 14.8 Å². The molecule has 2 heterocycles. The van der Waals surface area contributed by atoms with Crippen LogP contribution >= 0.6 is 0 Å². The summed E-state index contributed by atoms with van der Waals surface area (Å²) in [7, 11) is -3.71. The van der Waals surface area contributed by atoms with Crippen LogP contribution in [0, 0.1) is 11.3 Å². The Labute approximate surface area is 106 Å². The molecule has 96 valence electrons. The molecule has 0 amide bonds. The van der Waals surface area contributed by atoms with Crippen LogP contribution in [0.1, 0.15) is 25.0 Å². The summed E-state index contributed by atoms with van der Waals surface area (Å²) in [6.45, 7) is 1.39. The minimum absolute atomic E-state index is 0.0712. The molecule has 0 atom stereocenters. The largest absolute Gasteiger partial charge is 0.256 e. The van der Waals surface area contributed by atoms with Crippen LogP contribution in [-0.2, 0) is 10.0 Å². The molecule has 18 heavy (non-hydrogen) atoms. The number of nitrogens with zero attached hydrogens (tertiary/aromatic N) is 3. The van der Waals surface area contributed by atoms with Crippen molar-refractivity contribution in [3.05, 3.63) is 24.0 Å². The number of aromatic nitrogens is 1. The number of hydrazine groups is 1. The molecule has 0 aromatic carbocycles. The van der Waals surface area contributed by atoms with Crippen molar-refractivity contribution in [2.75, 3.05) is 13.1 Å². The quantitative estimate of drug-likeness (QED) is 0.867. The molecule has 2 rings (SSSR count). The lowest BCUT2D eigenvalue weighted by atomic mass is 10.2. The number of hydrogen-bond acceptors (Lipinski definition) is 5. The fraction of sp³-hybridized carbons (Fsp3) is 0.455. The van der Waals surface area contributed by atoms with Gasteiger partial charge in [-0.3, -0.25) is 0 Å². The van der Waals surface area contributed by atoms with Crippen LogP contribution in [0.2, 0.25) is 0 Å². The molecule has 0 spiro atoms. The lowest BCUT2D eigenvalue weighted by Crippen LogP contribution is -2.45. The Kier molecular flexibility index (Phi) is 3.91. The maximum atomic E-state index is 12.1. The van der Waals surface area contributed by atoms with E-state index in [1.807, 2.05) is 0 Å². The van der Waals surface area contributed by atoms with Crippen LogP contribution < -0.4 is 4.83 Å². The molecule has 6 nitrogen and oxygen atoms in total. The molecule has 0 radical (unpaired) electrons. The Morgan fingerprint density at radius 1 is 1.33 bits per heavy atom. The topological polar surface area (TPSA) is 86.1 Å². The van der Waals surface area contributed by atoms with Crippen LogP contribution in [0.25, 0.3) is 0 Å². The molecule has 1 aromatic rings. The van der Waals surface area contributed by atoms with Gasteiger partial charge in [0.05, 0.1) is 0 Å². The van der Waals surface area contributed by atoms with Gasteiger partial charge in [-0.2, -0.15) is 5.26 Å². The molecule has 7 heteroatoms. The highest BCUT2D eigenvalue weighted by atomic mass is 32.2. The summed E-state index contributed by atoms with van der Waals surface area (Å²) < 4.78 is 24.3. The summed E-state index contributed by atoms with van der Waals surface area (Å²) in [5.74, 6) is 0. The zero-order valence-corrected chi connectivity index (χ0v) is 10.7. The second-order valence-corrected chi connectivity index (χ2v) is 5.73. The fourth-order valence-electron chi connectivity index (χ4n) is 1.90. The standard InChI is InChI=1S/C11H14N4O2S/c12-9-10-11(5-4-6-13-10)18(16,17)14-15-7-2-1-3-8-15/h4-6,14H,1-3,7-8H2. The Balaban J connectivity index is 2.22. The van der Waals surface area contributed by atoms with Crippen molar-refractivity contribution >= 4 is 10.0 Å². The Hall–Kier alpha value is -1.49. The Morgan fingerprint density at radius 3 is 2.72 bits per heavy atom. The van der Waals surface area contributed by atoms with Gasteiger partial charge >= 0.3 is 0 Å². The smallest absolute Gasteiger partial charge is 0.244 e. The summed E-state index contributed by atoms with van der Waals surface area (Å²) in [6, 6.07) is 4.68. The van der Waals surface area contributed by atoms with E-state index in [0.717, 1.165) is 19.3 Å². The average molecular weight is 266 g/mol. The van der Waals surface area contributed by atoms with Gasteiger partial charge < -0.3 is 0 Å². The molecule has 1 aromatic heterocycles. The van der Waals surface area contributed by atoms with Gasteiger partial charge in [0.1, 0.15) is 11.0 Å². The molecule has 0 bridgehead atoms. The first-order chi connectivity index (χ1) is 8.63.